The maximum absolute atomic E-state index is 6.00. The predicted octanol–water partition coefficient (Wildman–Crippen LogP) is 1.08. The molecule has 3 heteroatoms. The molecule has 1 aliphatic rings. The minimum absolute atomic E-state index is 0.344. The molecule has 0 aromatic heterocycles. The van der Waals surface area contributed by atoms with Gasteiger partial charge in [0.2, 0.25) is 0 Å². The van der Waals surface area contributed by atoms with E-state index in [1.807, 2.05) is 0 Å². The Bertz CT molecular complexity index is 161. The third-order valence-electron chi connectivity index (χ3n) is 3.20. The normalized spacial score (nSPS) is 25.9. The lowest BCUT2D eigenvalue weighted by atomic mass is 10.0. The zero-order chi connectivity index (χ0) is 10.6. The van der Waals surface area contributed by atoms with Gasteiger partial charge in [0, 0.05) is 26.2 Å². The van der Waals surface area contributed by atoms with Crippen LogP contribution < -0.4 is 5.73 Å². The van der Waals surface area contributed by atoms with Gasteiger partial charge in [-0.25, -0.2) is 0 Å². The number of ether oxygens (including phenoxy) is 1. The van der Waals surface area contributed by atoms with Crippen LogP contribution in [-0.4, -0.2) is 43.8 Å². The first-order chi connectivity index (χ1) is 6.63. The van der Waals surface area contributed by atoms with Crippen molar-refractivity contribution >= 4 is 0 Å². The van der Waals surface area contributed by atoms with E-state index in [9.17, 15) is 0 Å². The summed E-state index contributed by atoms with van der Waals surface area (Å²) in [5.41, 5.74) is 6.00. The standard InChI is InChI=1S/C11H24N2O/c1-9(2)11(12)5-7-13-6-4-10(8-13)14-3/h9-11H,4-8,12H2,1-3H3. The number of hydrogen-bond acceptors (Lipinski definition) is 3. The van der Waals surface area contributed by atoms with E-state index >= 15 is 0 Å². The Labute approximate surface area is 87.6 Å². The molecule has 2 N–H and O–H groups in total. The molecule has 1 heterocycles. The lowest BCUT2D eigenvalue weighted by Crippen LogP contribution is -2.33. The topological polar surface area (TPSA) is 38.5 Å². The molecule has 0 bridgehead atoms. The van der Waals surface area contributed by atoms with Crippen molar-refractivity contribution in [1.29, 1.82) is 0 Å². The fourth-order valence-corrected chi connectivity index (χ4v) is 1.86. The van der Waals surface area contributed by atoms with E-state index in [-0.39, 0.29) is 0 Å². The summed E-state index contributed by atoms with van der Waals surface area (Å²) in [6.45, 7) is 7.75. The predicted molar refractivity (Wildman–Crippen MR) is 59.3 cm³/mol. The SMILES string of the molecule is COC1CCN(CCC(N)C(C)C)C1. The van der Waals surface area contributed by atoms with E-state index in [0.717, 1.165) is 19.5 Å². The molecule has 14 heavy (non-hydrogen) atoms. The Balaban J connectivity index is 2.14. The van der Waals surface area contributed by atoms with Crippen LogP contribution in [0.4, 0.5) is 0 Å². The van der Waals surface area contributed by atoms with Crippen LogP contribution in [0.2, 0.25) is 0 Å². The van der Waals surface area contributed by atoms with E-state index in [1.54, 1.807) is 7.11 Å². The first-order valence-corrected chi connectivity index (χ1v) is 5.64. The van der Waals surface area contributed by atoms with E-state index in [2.05, 4.69) is 18.7 Å². The fraction of sp³-hybridized carbons (Fsp3) is 1.00. The Hall–Kier alpha value is -0.120. The summed E-state index contributed by atoms with van der Waals surface area (Å²) < 4.78 is 5.32. The van der Waals surface area contributed by atoms with Crippen molar-refractivity contribution in [2.75, 3.05) is 26.7 Å². The van der Waals surface area contributed by atoms with Crippen LogP contribution in [0.25, 0.3) is 0 Å². The molecule has 3 nitrogen and oxygen atoms in total. The third-order valence-corrected chi connectivity index (χ3v) is 3.20. The second kappa shape index (κ2) is 5.69. The molecule has 84 valence electrons. The minimum atomic E-state index is 0.344. The smallest absolute Gasteiger partial charge is 0.0710 e. The van der Waals surface area contributed by atoms with Gasteiger partial charge in [0.25, 0.3) is 0 Å². The van der Waals surface area contributed by atoms with Gasteiger partial charge >= 0.3 is 0 Å². The van der Waals surface area contributed by atoms with Gasteiger partial charge in [-0.3, -0.25) is 0 Å². The average molecular weight is 200 g/mol. The van der Waals surface area contributed by atoms with Crippen LogP contribution >= 0.6 is 0 Å². The van der Waals surface area contributed by atoms with Crippen LogP contribution in [0.5, 0.6) is 0 Å². The first kappa shape index (κ1) is 12.0. The molecule has 2 atom stereocenters. The highest BCUT2D eigenvalue weighted by atomic mass is 16.5. The maximum Gasteiger partial charge on any atom is 0.0710 e. The van der Waals surface area contributed by atoms with Crippen molar-refractivity contribution in [2.45, 2.75) is 38.8 Å². The van der Waals surface area contributed by atoms with Crippen LogP contribution in [0.1, 0.15) is 26.7 Å². The van der Waals surface area contributed by atoms with Gasteiger partial charge in [0.15, 0.2) is 0 Å². The third kappa shape index (κ3) is 3.56. The van der Waals surface area contributed by atoms with Crippen LogP contribution in [0, 0.1) is 5.92 Å². The number of nitrogens with two attached hydrogens (primary N) is 1. The maximum atomic E-state index is 6.00. The molecule has 1 fully saturated rings. The molecule has 1 saturated heterocycles. The number of rotatable bonds is 5. The van der Waals surface area contributed by atoms with Crippen molar-refractivity contribution in [3.05, 3.63) is 0 Å². The van der Waals surface area contributed by atoms with E-state index in [1.165, 1.54) is 13.0 Å². The Morgan fingerprint density at radius 2 is 2.21 bits per heavy atom. The molecule has 0 saturated carbocycles. The summed E-state index contributed by atoms with van der Waals surface area (Å²) in [5.74, 6) is 0.593. The highest BCUT2D eigenvalue weighted by molar-refractivity contribution is 4.77. The summed E-state index contributed by atoms with van der Waals surface area (Å²) in [4.78, 5) is 2.45. The summed E-state index contributed by atoms with van der Waals surface area (Å²) in [7, 11) is 1.80. The number of methoxy groups -OCH3 is 1. The second-order valence-electron chi connectivity index (χ2n) is 4.64. The minimum Gasteiger partial charge on any atom is -0.380 e. The van der Waals surface area contributed by atoms with Gasteiger partial charge in [-0.15, -0.1) is 0 Å². The lowest BCUT2D eigenvalue weighted by molar-refractivity contribution is 0.107. The molecule has 0 radical (unpaired) electrons. The number of likely N-dealkylation sites (tertiary alicyclic amines) is 1. The van der Waals surface area contributed by atoms with Gasteiger partial charge in [-0.05, 0) is 25.3 Å². The molecule has 0 amide bonds. The highest BCUT2D eigenvalue weighted by Gasteiger charge is 2.22. The van der Waals surface area contributed by atoms with E-state index in [0.29, 0.717) is 18.1 Å². The molecule has 0 aromatic rings. The zero-order valence-corrected chi connectivity index (χ0v) is 9.70. The van der Waals surface area contributed by atoms with Crippen molar-refractivity contribution < 1.29 is 4.74 Å². The molecule has 0 spiro atoms. The zero-order valence-electron chi connectivity index (χ0n) is 9.70. The lowest BCUT2D eigenvalue weighted by Gasteiger charge is -2.20. The van der Waals surface area contributed by atoms with Crippen molar-refractivity contribution in [1.82, 2.24) is 4.90 Å². The van der Waals surface area contributed by atoms with Gasteiger partial charge in [0.05, 0.1) is 6.10 Å². The number of hydrogen-bond donors (Lipinski definition) is 1. The van der Waals surface area contributed by atoms with Crippen molar-refractivity contribution in [3.63, 3.8) is 0 Å². The van der Waals surface area contributed by atoms with E-state index < -0.39 is 0 Å². The van der Waals surface area contributed by atoms with Gasteiger partial charge < -0.3 is 15.4 Å². The molecule has 1 rings (SSSR count). The van der Waals surface area contributed by atoms with Crippen molar-refractivity contribution in [3.8, 4) is 0 Å². The summed E-state index contributed by atoms with van der Waals surface area (Å²) >= 11 is 0. The molecular weight excluding hydrogens is 176 g/mol. The average Bonchev–Trinajstić information content (AvgIpc) is 2.61. The molecule has 1 aliphatic heterocycles. The fourth-order valence-electron chi connectivity index (χ4n) is 1.86. The Kier molecular flexibility index (Phi) is 4.85. The van der Waals surface area contributed by atoms with Crippen LogP contribution in [0.15, 0.2) is 0 Å². The monoisotopic (exact) mass is 200 g/mol. The highest BCUT2D eigenvalue weighted by Crippen LogP contribution is 2.13. The Morgan fingerprint density at radius 1 is 1.50 bits per heavy atom. The van der Waals surface area contributed by atoms with Gasteiger partial charge in [0.1, 0.15) is 0 Å². The molecule has 0 aromatic carbocycles. The quantitative estimate of drug-likeness (QED) is 0.722. The summed E-state index contributed by atoms with van der Waals surface area (Å²) in [5, 5.41) is 0. The first-order valence-electron chi connectivity index (χ1n) is 5.64. The second-order valence-corrected chi connectivity index (χ2v) is 4.64. The summed E-state index contributed by atoms with van der Waals surface area (Å²) in [6, 6.07) is 0.344. The van der Waals surface area contributed by atoms with Gasteiger partial charge in [-0.2, -0.15) is 0 Å². The summed E-state index contributed by atoms with van der Waals surface area (Å²) in [6.07, 6.45) is 2.73. The number of nitrogens with zero attached hydrogens (tertiary/aromatic N) is 1. The molecule has 0 aliphatic carbocycles. The molecular formula is C11H24N2O. The van der Waals surface area contributed by atoms with Gasteiger partial charge in [-0.1, -0.05) is 13.8 Å². The van der Waals surface area contributed by atoms with Crippen LogP contribution in [0.3, 0.4) is 0 Å². The Morgan fingerprint density at radius 3 is 2.71 bits per heavy atom. The van der Waals surface area contributed by atoms with E-state index in [4.69, 9.17) is 10.5 Å². The largest absolute Gasteiger partial charge is 0.380 e. The van der Waals surface area contributed by atoms with Crippen molar-refractivity contribution in [2.24, 2.45) is 11.7 Å². The van der Waals surface area contributed by atoms with Crippen LogP contribution in [-0.2, 0) is 4.74 Å². The molecule has 2 unspecified atom stereocenters.